The molecule has 1 aliphatic carbocycles. The molecule has 0 amide bonds. The standard InChI is InChI=1S/C25H24O2/c1-2-3-9-22-21-15-14-20(27)16-23(21)25(17-7-5-4-6-8-17)24(22)18-10-12-19(26)13-11-18/h4-8,10-16,22,26-27H,2-3,9H2,1H3. The lowest BCUT2D eigenvalue weighted by Crippen LogP contribution is -1.99. The molecule has 1 aliphatic rings. The first-order chi connectivity index (χ1) is 13.2. The van der Waals surface area contributed by atoms with E-state index in [-0.39, 0.29) is 5.75 Å². The van der Waals surface area contributed by atoms with Gasteiger partial charge in [-0.2, -0.15) is 0 Å². The van der Waals surface area contributed by atoms with Crippen LogP contribution in [0.25, 0.3) is 11.1 Å². The van der Waals surface area contributed by atoms with Crippen LogP contribution in [0.4, 0.5) is 0 Å². The Labute approximate surface area is 160 Å². The smallest absolute Gasteiger partial charge is 0.116 e. The molecule has 0 spiro atoms. The molecule has 136 valence electrons. The number of unbranched alkanes of at least 4 members (excludes halogenated alkanes) is 1. The molecule has 0 aliphatic heterocycles. The van der Waals surface area contributed by atoms with Gasteiger partial charge in [-0.15, -0.1) is 0 Å². The number of hydrogen-bond acceptors (Lipinski definition) is 2. The molecule has 1 unspecified atom stereocenters. The summed E-state index contributed by atoms with van der Waals surface area (Å²) in [6.45, 7) is 2.22. The molecule has 2 N–H and O–H groups in total. The summed E-state index contributed by atoms with van der Waals surface area (Å²) in [4.78, 5) is 0. The van der Waals surface area contributed by atoms with Crippen LogP contribution in [0.3, 0.4) is 0 Å². The zero-order chi connectivity index (χ0) is 18.8. The zero-order valence-corrected chi connectivity index (χ0v) is 15.5. The molecular weight excluding hydrogens is 332 g/mol. The summed E-state index contributed by atoms with van der Waals surface area (Å²) in [5.41, 5.74) is 7.16. The lowest BCUT2D eigenvalue weighted by molar-refractivity contribution is 0.474. The Morgan fingerprint density at radius 1 is 0.778 bits per heavy atom. The Balaban J connectivity index is 1.98. The minimum atomic E-state index is 0.277. The Morgan fingerprint density at radius 2 is 1.48 bits per heavy atom. The Kier molecular flexibility index (Phi) is 4.72. The van der Waals surface area contributed by atoms with Gasteiger partial charge in [-0.1, -0.05) is 68.3 Å². The van der Waals surface area contributed by atoms with E-state index in [1.165, 1.54) is 16.7 Å². The summed E-state index contributed by atoms with van der Waals surface area (Å²) in [6, 6.07) is 23.7. The third-order valence-corrected chi connectivity index (χ3v) is 5.39. The van der Waals surface area contributed by atoms with Crippen molar-refractivity contribution in [3.05, 3.63) is 95.1 Å². The highest BCUT2D eigenvalue weighted by Crippen LogP contribution is 2.52. The summed E-state index contributed by atoms with van der Waals surface area (Å²) in [7, 11) is 0. The van der Waals surface area contributed by atoms with Gasteiger partial charge in [-0.05, 0) is 64.1 Å². The van der Waals surface area contributed by atoms with Gasteiger partial charge in [-0.3, -0.25) is 0 Å². The fraction of sp³-hybridized carbons (Fsp3) is 0.200. The van der Waals surface area contributed by atoms with Crippen LogP contribution in [0, 0.1) is 0 Å². The summed E-state index contributed by atoms with van der Waals surface area (Å²) in [5, 5.41) is 19.9. The highest BCUT2D eigenvalue weighted by atomic mass is 16.3. The first kappa shape index (κ1) is 17.4. The van der Waals surface area contributed by atoms with Crippen molar-refractivity contribution in [2.45, 2.75) is 32.1 Å². The Hall–Kier alpha value is -3.00. The fourth-order valence-corrected chi connectivity index (χ4v) is 4.15. The maximum Gasteiger partial charge on any atom is 0.116 e. The van der Waals surface area contributed by atoms with Crippen molar-refractivity contribution in [3.8, 4) is 11.5 Å². The largest absolute Gasteiger partial charge is 0.508 e. The van der Waals surface area contributed by atoms with Crippen LogP contribution in [-0.4, -0.2) is 10.2 Å². The third kappa shape index (κ3) is 3.23. The predicted octanol–water partition coefficient (Wildman–Crippen LogP) is 6.34. The molecule has 2 nitrogen and oxygen atoms in total. The molecule has 2 heteroatoms. The van der Waals surface area contributed by atoms with Crippen molar-refractivity contribution < 1.29 is 10.2 Å². The molecule has 0 bridgehead atoms. The van der Waals surface area contributed by atoms with E-state index in [1.807, 2.05) is 24.3 Å². The quantitative estimate of drug-likeness (QED) is 0.559. The van der Waals surface area contributed by atoms with E-state index in [4.69, 9.17) is 0 Å². The first-order valence-electron chi connectivity index (χ1n) is 9.61. The molecule has 0 saturated carbocycles. The molecule has 0 fully saturated rings. The molecule has 27 heavy (non-hydrogen) atoms. The van der Waals surface area contributed by atoms with Crippen LogP contribution in [0.2, 0.25) is 0 Å². The highest BCUT2D eigenvalue weighted by Gasteiger charge is 2.32. The van der Waals surface area contributed by atoms with Crippen molar-refractivity contribution in [1.82, 2.24) is 0 Å². The third-order valence-electron chi connectivity index (χ3n) is 5.39. The predicted molar refractivity (Wildman–Crippen MR) is 111 cm³/mol. The SMILES string of the molecule is CCCCC1C(c2ccc(O)cc2)=C(c2ccccc2)c2cc(O)ccc21. The average Bonchev–Trinajstić information content (AvgIpc) is 3.01. The number of aromatic hydroxyl groups is 2. The molecule has 0 aromatic heterocycles. The minimum absolute atomic E-state index is 0.277. The van der Waals surface area contributed by atoms with Gasteiger partial charge < -0.3 is 10.2 Å². The van der Waals surface area contributed by atoms with E-state index in [0.29, 0.717) is 11.7 Å². The summed E-state index contributed by atoms with van der Waals surface area (Å²) < 4.78 is 0. The molecule has 3 aromatic rings. The van der Waals surface area contributed by atoms with E-state index in [9.17, 15) is 10.2 Å². The number of allylic oxidation sites excluding steroid dienone is 1. The van der Waals surface area contributed by atoms with Crippen LogP contribution < -0.4 is 0 Å². The maximum atomic E-state index is 10.2. The normalized spacial score (nSPS) is 15.8. The van der Waals surface area contributed by atoms with Crippen LogP contribution in [0.15, 0.2) is 72.8 Å². The average molecular weight is 356 g/mol. The van der Waals surface area contributed by atoms with E-state index in [0.717, 1.165) is 36.0 Å². The second-order valence-corrected chi connectivity index (χ2v) is 7.17. The van der Waals surface area contributed by atoms with E-state index >= 15 is 0 Å². The lowest BCUT2D eigenvalue weighted by atomic mass is 9.86. The van der Waals surface area contributed by atoms with Gasteiger partial charge in [0.2, 0.25) is 0 Å². The van der Waals surface area contributed by atoms with Crippen molar-refractivity contribution in [2.75, 3.05) is 0 Å². The molecule has 0 heterocycles. The van der Waals surface area contributed by atoms with Crippen LogP contribution in [-0.2, 0) is 0 Å². The maximum absolute atomic E-state index is 10.2. The fourth-order valence-electron chi connectivity index (χ4n) is 4.15. The van der Waals surface area contributed by atoms with Gasteiger partial charge in [0.05, 0.1) is 0 Å². The van der Waals surface area contributed by atoms with E-state index in [2.05, 4.69) is 37.3 Å². The first-order valence-corrected chi connectivity index (χ1v) is 9.61. The number of phenolic OH excluding ortho intramolecular Hbond substituents is 2. The lowest BCUT2D eigenvalue weighted by Gasteiger charge is -2.18. The summed E-state index contributed by atoms with van der Waals surface area (Å²) in [6.07, 6.45) is 3.36. The van der Waals surface area contributed by atoms with Gasteiger partial charge in [0, 0.05) is 5.92 Å². The van der Waals surface area contributed by atoms with E-state index in [1.54, 1.807) is 18.2 Å². The highest BCUT2D eigenvalue weighted by molar-refractivity contribution is 6.05. The second-order valence-electron chi connectivity index (χ2n) is 7.17. The molecule has 1 atom stereocenters. The minimum Gasteiger partial charge on any atom is -0.508 e. The topological polar surface area (TPSA) is 40.5 Å². The number of benzene rings is 3. The number of rotatable bonds is 5. The van der Waals surface area contributed by atoms with E-state index < -0.39 is 0 Å². The molecule has 4 rings (SSSR count). The molecule has 3 aromatic carbocycles. The second kappa shape index (κ2) is 7.32. The van der Waals surface area contributed by atoms with Crippen LogP contribution in [0.5, 0.6) is 11.5 Å². The number of hydrogen-bond donors (Lipinski definition) is 2. The number of fused-ring (bicyclic) bond motifs is 1. The van der Waals surface area contributed by atoms with Crippen LogP contribution >= 0.6 is 0 Å². The molecular formula is C25H24O2. The monoisotopic (exact) mass is 356 g/mol. The van der Waals surface area contributed by atoms with Crippen molar-refractivity contribution >= 4 is 11.1 Å². The van der Waals surface area contributed by atoms with Gasteiger partial charge in [0.15, 0.2) is 0 Å². The summed E-state index contributed by atoms with van der Waals surface area (Å²) in [5.74, 6) is 0.863. The zero-order valence-electron chi connectivity index (χ0n) is 15.5. The van der Waals surface area contributed by atoms with Gasteiger partial charge in [0.1, 0.15) is 11.5 Å². The molecule has 0 saturated heterocycles. The molecule has 0 radical (unpaired) electrons. The van der Waals surface area contributed by atoms with Crippen molar-refractivity contribution in [1.29, 1.82) is 0 Å². The van der Waals surface area contributed by atoms with Gasteiger partial charge in [0.25, 0.3) is 0 Å². The van der Waals surface area contributed by atoms with Gasteiger partial charge in [-0.25, -0.2) is 0 Å². The Bertz CT molecular complexity index is 969. The van der Waals surface area contributed by atoms with Crippen LogP contribution in [0.1, 0.15) is 54.4 Å². The summed E-state index contributed by atoms with van der Waals surface area (Å²) >= 11 is 0. The Morgan fingerprint density at radius 3 is 2.19 bits per heavy atom. The number of phenols is 2. The van der Waals surface area contributed by atoms with Crippen molar-refractivity contribution in [2.24, 2.45) is 0 Å². The van der Waals surface area contributed by atoms with Crippen molar-refractivity contribution in [3.63, 3.8) is 0 Å². The van der Waals surface area contributed by atoms with Gasteiger partial charge >= 0.3 is 0 Å².